The van der Waals surface area contributed by atoms with Crippen molar-refractivity contribution in [2.75, 3.05) is 7.11 Å². The van der Waals surface area contributed by atoms with Gasteiger partial charge in [-0.15, -0.1) is 0 Å². The van der Waals surface area contributed by atoms with Gasteiger partial charge in [0.1, 0.15) is 11.4 Å². The Balaban J connectivity index is 1.63. The molecule has 8 heteroatoms. The number of benzene rings is 2. The Morgan fingerprint density at radius 3 is 2.42 bits per heavy atom. The molecule has 0 fully saturated rings. The van der Waals surface area contributed by atoms with Gasteiger partial charge in [-0.2, -0.15) is 0 Å². The van der Waals surface area contributed by atoms with Crippen molar-refractivity contribution in [3.63, 3.8) is 0 Å². The molecule has 0 aliphatic carbocycles. The van der Waals surface area contributed by atoms with Crippen molar-refractivity contribution >= 4 is 28.8 Å². The van der Waals surface area contributed by atoms with Crippen LogP contribution < -0.4 is 10.1 Å². The second-order valence-corrected chi connectivity index (χ2v) is 10.4. The number of amides is 1. The summed E-state index contributed by atoms with van der Waals surface area (Å²) in [7, 11) is 1.61. The number of nitrogens with zero attached hydrogens (tertiary/aromatic N) is 2. The fourth-order valence-corrected chi connectivity index (χ4v) is 5.05. The summed E-state index contributed by atoms with van der Waals surface area (Å²) < 4.78 is 11.1. The lowest BCUT2D eigenvalue weighted by molar-refractivity contribution is -0.150. The predicted octanol–water partition coefficient (Wildman–Crippen LogP) is 5.32. The van der Waals surface area contributed by atoms with E-state index in [0.29, 0.717) is 17.8 Å². The van der Waals surface area contributed by atoms with Gasteiger partial charge in [0.05, 0.1) is 30.8 Å². The number of hydrogen-bond acceptors (Lipinski definition) is 7. The standard InChI is InChI=1S/C28H31N3O4S/c1-18-24(26(33)35-28(2,3)4)25(20-11-13-22(34-5)14-12-20)31-21(17-36-27(31)30-18)15-23(32)29-16-19-9-7-6-8-10-19/h6-14,17,25H,15-16H2,1-5H3,(H,29,32)/t25-/m1/s1. The molecule has 7 nitrogen and oxygen atoms in total. The minimum Gasteiger partial charge on any atom is -0.497 e. The number of ether oxygens (including phenoxy) is 2. The molecule has 36 heavy (non-hydrogen) atoms. The van der Waals surface area contributed by atoms with Crippen LogP contribution in [-0.4, -0.2) is 34.7 Å². The third-order valence-corrected chi connectivity index (χ3v) is 6.61. The zero-order chi connectivity index (χ0) is 25.9. The van der Waals surface area contributed by atoms with E-state index in [4.69, 9.17) is 14.5 Å². The molecule has 0 aromatic heterocycles. The van der Waals surface area contributed by atoms with Gasteiger partial charge in [-0.05, 0) is 56.4 Å². The summed E-state index contributed by atoms with van der Waals surface area (Å²) >= 11 is 1.45. The van der Waals surface area contributed by atoms with Gasteiger partial charge in [0.25, 0.3) is 0 Å². The number of nitrogens with one attached hydrogen (secondary N) is 1. The van der Waals surface area contributed by atoms with E-state index in [-0.39, 0.29) is 12.3 Å². The Labute approximate surface area is 216 Å². The molecule has 1 amide bonds. The van der Waals surface area contributed by atoms with Gasteiger partial charge in [0, 0.05) is 12.2 Å². The van der Waals surface area contributed by atoms with E-state index >= 15 is 0 Å². The molecular formula is C28H31N3O4S. The van der Waals surface area contributed by atoms with E-state index in [2.05, 4.69) is 5.32 Å². The maximum absolute atomic E-state index is 13.4. The summed E-state index contributed by atoms with van der Waals surface area (Å²) in [6.45, 7) is 7.80. The molecule has 0 unspecified atom stereocenters. The first-order valence-electron chi connectivity index (χ1n) is 11.8. The number of rotatable bonds is 7. The number of carbonyl (C=O) groups excluding carboxylic acids is 2. The molecular weight excluding hydrogens is 474 g/mol. The highest BCUT2D eigenvalue weighted by Crippen LogP contribution is 2.45. The number of hydrogen-bond donors (Lipinski definition) is 1. The van der Waals surface area contributed by atoms with Gasteiger partial charge in [0.15, 0.2) is 5.17 Å². The lowest BCUT2D eigenvalue weighted by Crippen LogP contribution is -2.39. The normalized spacial score (nSPS) is 17.2. The summed E-state index contributed by atoms with van der Waals surface area (Å²) in [5.41, 5.74) is 3.08. The van der Waals surface area contributed by atoms with E-state index in [1.54, 1.807) is 7.11 Å². The molecule has 0 saturated carbocycles. The number of methoxy groups -OCH3 is 1. The second-order valence-electron chi connectivity index (χ2n) is 9.61. The topological polar surface area (TPSA) is 80.2 Å². The van der Waals surface area contributed by atoms with E-state index in [9.17, 15) is 9.59 Å². The number of amidine groups is 1. The highest BCUT2D eigenvalue weighted by molar-refractivity contribution is 8.16. The number of aliphatic imine (C=N–C) groups is 1. The van der Waals surface area contributed by atoms with Crippen molar-refractivity contribution in [2.24, 2.45) is 4.99 Å². The van der Waals surface area contributed by atoms with E-state index in [1.165, 1.54) is 11.8 Å². The van der Waals surface area contributed by atoms with Crippen LogP contribution >= 0.6 is 11.8 Å². The highest BCUT2D eigenvalue weighted by Gasteiger charge is 2.41. The van der Waals surface area contributed by atoms with Crippen molar-refractivity contribution in [1.29, 1.82) is 0 Å². The molecule has 0 saturated heterocycles. The Kier molecular flexibility index (Phi) is 7.54. The Morgan fingerprint density at radius 1 is 1.08 bits per heavy atom. The van der Waals surface area contributed by atoms with E-state index in [0.717, 1.165) is 27.7 Å². The SMILES string of the molecule is COc1ccc([C@@H]2C(C(=O)OC(C)(C)C)=C(C)N=C3SC=C(CC(=O)NCc4ccccc4)N32)cc1. The summed E-state index contributed by atoms with van der Waals surface area (Å²) in [5.74, 6) is 0.189. The maximum Gasteiger partial charge on any atom is 0.338 e. The zero-order valence-corrected chi connectivity index (χ0v) is 22.0. The van der Waals surface area contributed by atoms with Crippen LogP contribution in [0, 0.1) is 0 Å². The molecule has 2 aliphatic rings. The maximum atomic E-state index is 13.4. The smallest absolute Gasteiger partial charge is 0.338 e. The second kappa shape index (κ2) is 10.6. The minimum atomic E-state index is -0.658. The summed E-state index contributed by atoms with van der Waals surface area (Å²) in [6, 6.07) is 16.9. The molecule has 1 atom stereocenters. The molecule has 0 spiro atoms. The van der Waals surface area contributed by atoms with Crippen LogP contribution in [-0.2, 0) is 20.9 Å². The molecule has 2 aromatic carbocycles. The number of esters is 1. The highest BCUT2D eigenvalue weighted by atomic mass is 32.2. The van der Waals surface area contributed by atoms with Gasteiger partial charge in [-0.3, -0.25) is 4.79 Å². The van der Waals surface area contributed by atoms with E-state index in [1.807, 2.05) is 92.6 Å². The fraction of sp³-hybridized carbons (Fsp3) is 0.321. The third-order valence-electron chi connectivity index (χ3n) is 5.73. The third kappa shape index (κ3) is 5.82. The van der Waals surface area contributed by atoms with Crippen LogP contribution in [0.4, 0.5) is 0 Å². The molecule has 2 heterocycles. The number of allylic oxidation sites excluding steroid dienone is 1. The number of carbonyl (C=O) groups is 2. The lowest BCUT2D eigenvalue weighted by Gasteiger charge is -2.37. The van der Waals surface area contributed by atoms with Crippen LogP contribution in [0.25, 0.3) is 0 Å². The first-order chi connectivity index (χ1) is 17.2. The Morgan fingerprint density at radius 2 is 1.78 bits per heavy atom. The van der Waals surface area contributed by atoms with E-state index < -0.39 is 17.6 Å². The Hall–Kier alpha value is -3.52. The van der Waals surface area contributed by atoms with Crippen molar-refractivity contribution in [3.05, 3.63) is 88.1 Å². The van der Waals surface area contributed by atoms with Crippen molar-refractivity contribution in [3.8, 4) is 5.75 Å². The minimum absolute atomic E-state index is 0.106. The fourth-order valence-electron chi connectivity index (χ4n) is 4.09. The largest absolute Gasteiger partial charge is 0.497 e. The van der Waals surface area contributed by atoms with Crippen molar-refractivity contribution < 1.29 is 19.1 Å². The Bertz CT molecular complexity index is 1230. The molecule has 0 radical (unpaired) electrons. The van der Waals surface area contributed by atoms with Gasteiger partial charge < -0.3 is 19.7 Å². The first kappa shape index (κ1) is 25.6. The van der Waals surface area contributed by atoms with Gasteiger partial charge in [-0.1, -0.05) is 54.2 Å². The van der Waals surface area contributed by atoms with Crippen LogP contribution in [0.2, 0.25) is 0 Å². The zero-order valence-electron chi connectivity index (χ0n) is 21.2. The van der Waals surface area contributed by atoms with Crippen LogP contribution in [0.5, 0.6) is 5.75 Å². The monoisotopic (exact) mass is 505 g/mol. The quantitative estimate of drug-likeness (QED) is 0.513. The van der Waals surface area contributed by atoms with Crippen LogP contribution in [0.1, 0.15) is 51.3 Å². The average molecular weight is 506 g/mol. The van der Waals surface area contributed by atoms with Gasteiger partial charge >= 0.3 is 5.97 Å². The molecule has 2 aromatic rings. The molecule has 1 N–H and O–H groups in total. The number of thioether (sulfide) groups is 1. The molecule has 4 rings (SSSR count). The van der Waals surface area contributed by atoms with Crippen LogP contribution in [0.15, 0.2) is 82.0 Å². The molecule has 2 aliphatic heterocycles. The summed E-state index contributed by atoms with van der Waals surface area (Å²) in [4.78, 5) is 33.0. The summed E-state index contributed by atoms with van der Waals surface area (Å²) in [5, 5.41) is 5.65. The molecule has 0 bridgehead atoms. The van der Waals surface area contributed by atoms with Crippen molar-refractivity contribution in [2.45, 2.75) is 52.3 Å². The predicted molar refractivity (Wildman–Crippen MR) is 142 cm³/mol. The average Bonchev–Trinajstić information content (AvgIpc) is 3.23. The lowest BCUT2D eigenvalue weighted by atomic mass is 9.93. The molecule has 188 valence electrons. The summed E-state index contributed by atoms with van der Waals surface area (Å²) in [6.07, 6.45) is 0.159. The van der Waals surface area contributed by atoms with Gasteiger partial charge in [0.2, 0.25) is 5.91 Å². The van der Waals surface area contributed by atoms with Gasteiger partial charge in [-0.25, -0.2) is 9.79 Å². The number of fused-ring (bicyclic) bond motifs is 1. The first-order valence-corrected chi connectivity index (χ1v) is 12.7. The van der Waals surface area contributed by atoms with Crippen molar-refractivity contribution in [1.82, 2.24) is 10.2 Å². The van der Waals surface area contributed by atoms with Crippen LogP contribution in [0.3, 0.4) is 0 Å².